The molecule has 4 aromatic rings. The summed E-state index contributed by atoms with van der Waals surface area (Å²) in [6.45, 7) is 1.88. The number of nitrogens with one attached hydrogen (secondary N) is 1. The van der Waals surface area contributed by atoms with Crippen molar-refractivity contribution in [2.75, 3.05) is 12.4 Å². The number of benzene rings is 2. The van der Waals surface area contributed by atoms with Crippen molar-refractivity contribution in [2.24, 2.45) is 0 Å². The molecule has 1 N–H and O–H groups in total. The molecule has 0 bridgehead atoms. The molecule has 1 amide bonds. The summed E-state index contributed by atoms with van der Waals surface area (Å²) in [7, 11) is 1.64. The monoisotopic (exact) mass is 468 g/mol. The van der Waals surface area contributed by atoms with Gasteiger partial charge in [-0.2, -0.15) is 9.78 Å². The van der Waals surface area contributed by atoms with Gasteiger partial charge in [-0.05, 0) is 47.1 Å². The smallest absolute Gasteiger partial charge is 0.257 e. The maximum Gasteiger partial charge on any atom is 0.257 e. The number of rotatable bonds is 5. The van der Waals surface area contributed by atoms with E-state index in [1.807, 2.05) is 60.8 Å². The number of aryl methyl sites for hydroxylation is 1. The highest BCUT2D eigenvalue weighted by Gasteiger charge is 2.16. The van der Waals surface area contributed by atoms with Crippen LogP contribution in [0.4, 0.5) is 5.82 Å². The van der Waals surface area contributed by atoms with Gasteiger partial charge in [-0.25, -0.2) is 4.98 Å². The minimum absolute atomic E-state index is 0.219. The molecule has 6 nitrogen and oxygen atoms in total. The molecule has 0 atom stereocenters. The average molecular weight is 469 g/mol. The molecule has 8 heteroatoms. The Bertz CT molecular complexity index is 1180. The number of aromatic nitrogens is 3. The summed E-state index contributed by atoms with van der Waals surface area (Å²) in [5, 5.41) is 10.1. The van der Waals surface area contributed by atoms with Crippen molar-refractivity contribution in [2.45, 2.75) is 6.92 Å². The quantitative estimate of drug-likeness (QED) is 0.429. The third-order valence-electron chi connectivity index (χ3n) is 4.23. The molecule has 2 heterocycles. The third-order valence-corrected chi connectivity index (χ3v) is 5.74. The van der Waals surface area contributed by atoms with E-state index in [0.717, 1.165) is 27.2 Å². The van der Waals surface area contributed by atoms with Crippen LogP contribution in [0.2, 0.25) is 0 Å². The van der Waals surface area contributed by atoms with Crippen LogP contribution in [0.1, 0.15) is 16.1 Å². The van der Waals surface area contributed by atoms with Crippen molar-refractivity contribution in [3.8, 4) is 22.1 Å². The van der Waals surface area contributed by atoms with Crippen LogP contribution in [-0.4, -0.2) is 27.8 Å². The molecule has 146 valence electrons. The Morgan fingerprint density at radius 1 is 1.17 bits per heavy atom. The highest BCUT2D eigenvalue weighted by molar-refractivity contribution is 9.10. The van der Waals surface area contributed by atoms with Crippen LogP contribution < -0.4 is 10.1 Å². The summed E-state index contributed by atoms with van der Waals surface area (Å²) >= 11 is 4.87. The summed E-state index contributed by atoms with van der Waals surface area (Å²) in [6.07, 6.45) is 0. The first-order valence-electron chi connectivity index (χ1n) is 8.78. The maximum atomic E-state index is 12.7. The van der Waals surface area contributed by atoms with E-state index in [-0.39, 0.29) is 5.91 Å². The number of hydrogen-bond donors (Lipinski definition) is 1. The van der Waals surface area contributed by atoms with Crippen molar-refractivity contribution in [3.63, 3.8) is 0 Å². The molecular formula is C21H17BrN4O2S. The molecule has 0 saturated carbocycles. The van der Waals surface area contributed by atoms with Gasteiger partial charge in [-0.1, -0.05) is 24.3 Å². The van der Waals surface area contributed by atoms with Gasteiger partial charge in [0.1, 0.15) is 11.6 Å². The summed E-state index contributed by atoms with van der Waals surface area (Å²) in [6, 6.07) is 16.8. The lowest BCUT2D eigenvalue weighted by Crippen LogP contribution is -2.15. The Kier molecular flexibility index (Phi) is 5.46. The van der Waals surface area contributed by atoms with Gasteiger partial charge in [0.2, 0.25) is 5.13 Å². The Balaban J connectivity index is 1.64. The van der Waals surface area contributed by atoms with Gasteiger partial charge in [0.05, 0.1) is 24.1 Å². The highest BCUT2D eigenvalue weighted by atomic mass is 79.9. The maximum absolute atomic E-state index is 12.7. The summed E-state index contributed by atoms with van der Waals surface area (Å²) < 4.78 is 7.67. The van der Waals surface area contributed by atoms with Crippen LogP contribution in [0, 0.1) is 6.92 Å². The molecule has 4 rings (SSSR count). The van der Waals surface area contributed by atoms with Gasteiger partial charge in [0.15, 0.2) is 0 Å². The predicted molar refractivity (Wildman–Crippen MR) is 118 cm³/mol. The lowest BCUT2D eigenvalue weighted by molar-refractivity contribution is 0.102. The number of hydrogen-bond acceptors (Lipinski definition) is 5. The number of methoxy groups -OCH3 is 1. The molecule has 2 aromatic carbocycles. The van der Waals surface area contributed by atoms with Gasteiger partial charge in [0.25, 0.3) is 5.91 Å². The number of halogens is 1. The molecule has 0 saturated heterocycles. The standard InChI is InChI=1S/C21H17BrN4O2S/c1-13-10-19(24-20(27)16-8-3-4-9-17(16)22)26(25-13)21-23-18(12-29-21)14-6-5-7-15(11-14)28-2/h3-12H,1-2H3,(H,24,27). The minimum Gasteiger partial charge on any atom is -0.497 e. The Hall–Kier alpha value is -2.97. The van der Waals surface area contributed by atoms with Crippen LogP contribution in [0.5, 0.6) is 5.75 Å². The zero-order chi connectivity index (χ0) is 20.4. The van der Waals surface area contributed by atoms with E-state index in [9.17, 15) is 4.79 Å². The largest absolute Gasteiger partial charge is 0.497 e. The van der Waals surface area contributed by atoms with E-state index in [1.54, 1.807) is 17.9 Å². The number of amides is 1. The second-order valence-electron chi connectivity index (χ2n) is 6.26. The second kappa shape index (κ2) is 8.18. The average Bonchev–Trinajstić information content (AvgIpc) is 3.35. The summed E-state index contributed by atoms with van der Waals surface area (Å²) in [4.78, 5) is 17.4. The Morgan fingerprint density at radius 2 is 2.00 bits per heavy atom. The molecule has 0 fully saturated rings. The van der Waals surface area contributed by atoms with Gasteiger partial charge >= 0.3 is 0 Å². The van der Waals surface area contributed by atoms with Gasteiger partial charge in [-0.15, -0.1) is 11.3 Å². The summed E-state index contributed by atoms with van der Waals surface area (Å²) in [5.41, 5.74) is 3.11. The fraction of sp³-hybridized carbons (Fsp3) is 0.0952. The fourth-order valence-electron chi connectivity index (χ4n) is 2.84. The molecule has 0 aliphatic heterocycles. The van der Waals surface area contributed by atoms with Gasteiger partial charge in [-0.3, -0.25) is 4.79 Å². The zero-order valence-electron chi connectivity index (χ0n) is 15.7. The van der Waals surface area contributed by atoms with Crippen LogP contribution >= 0.6 is 27.3 Å². The third kappa shape index (κ3) is 4.08. The normalized spacial score (nSPS) is 10.7. The number of thiazole rings is 1. The van der Waals surface area contributed by atoms with E-state index >= 15 is 0 Å². The molecular weight excluding hydrogens is 452 g/mol. The van der Waals surface area contributed by atoms with E-state index in [4.69, 9.17) is 9.72 Å². The van der Waals surface area contributed by atoms with Crippen molar-refractivity contribution < 1.29 is 9.53 Å². The van der Waals surface area contributed by atoms with E-state index < -0.39 is 0 Å². The molecule has 29 heavy (non-hydrogen) atoms. The van der Waals surface area contributed by atoms with Crippen molar-refractivity contribution in [3.05, 3.63) is 75.7 Å². The fourth-order valence-corrected chi connectivity index (χ4v) is 4.10. The molecule has 2 aromatic heterocycles. The van der Waals surface area contributed by atoms with E-state index in [0.29, 0.717) is 16.5 Å². The lowest BCUT2D eigenvalue weighted by atomic mass is 10.2. The predicted octanol–water partition coefficient (Wildman–Crippen LogP) is 5.33. The van der Waals surface area contributed by atoms with Crippen LogP contribution in [-0.2, 0) is 0 Å². The van der Waals surface area contributed by atoms with Crippen molar-refractivity contribution in [1.29, 1.82) is 0 Å². The SMILES string of the molecule is COc1cccc(-c2csc(-n3nc(C)cc3NC(=O)c3ccccc3Br)n2)c1. The number of anilines is 1. The number of carbonyl (C=O) groups is 1. The molecule has 0 radical (unpaired) electrons. The highest BCUT2D eigenvalue weighted by Crippen LogP contribution is 2.28. The molecule has 0 spiro atoms. The van der Waals surface area contributed by atoms with Gasteiger partial charge < -0.3 is 10.1 Å². The number of carbonyl (C=O) groups excluding carboxylic acids is 1. The van der Waals surface area contributed by atoms with Crippen LogP contribution in [0.25, 0.3) is 16.4 Å². The molecule has 0 aliphatic carbocycles. The van der Waals surface area contributed by atoms with Crippen molar-refractivity contribution >= 4 is 39.0 Å². The first-order chi connectivity index (χ1) is 14.0. The Labute approximate surface area is 180 Å². The van der Waals surface area contributed by atoms with Crippen LogP contribution in [0.3, 0.4) is 0 Å². The molecule has 0 aliphatic rings. The zero-order valence-corrected chi connectivity index (χ0v) is 18.1. The second-order valence-corrected chi connectivity index (χ2v) is 7.95. The summed E-state index contributed by atoms with van der Waals surface area (Å²) in [5.74, 6) is 1.12. The van der Waals surface area contributed by atoms with E-state index in [2.05, 4.69) is 26.3 Å². The lowest BCUT2D eigenvalue weighted by Gasteiger charge is -2.08. The van der Waals surface area contributed by atoms with Gasteiger partial charge in [0, 0.05) is 21.5 Å². The first kappa shape index (κ1) is 19.4. The number of ether oxygens (including phenoxy) is 1. The minimum atomic E-state index is -0.219. The molecule has 0 unspecified atom stereocenters. The first-order valence-corrected chi connectivity index (χ1v) is 10.5. The Morgan fingerprint density at radius 3 is 2.79 bits per heavy atom. The topological polar surface area (TPSA) is 69.0 Å². The van der Waals surface area contributed by atoms with E-state index in [1.165, 1.54) is 11.3 Å². The number of nitrogens with zero attached hydrogens (tertiary/aromatic N) is 3. The van der Waals surface area contributed by atoms with Crippen LogP contribution in [0.15, 0.2) is 64.5 Å². The van der Waals surface area contributed by atoms with Crippen molar-refractivity contribution in [1.82, 2.24) is 14.8 Å².